The lowest BCUT2D eigenvalue weighted by atomic mass is 10.0. The molecule has 4 atom stereocenters. The zero-order valence-corrected chi connectivity index (χ0v) is 23.1. The van der Waals surface area contributed by atoms with Crippen LogP contribution in [0.2, 0.25) is 0 Å². The number of thioether (sulfide) groups is 1. The maximum atomic E-state index is 13.4. The number of rotatable bonds is 17. The van der Waals surface area contributed by atoms with E-state index in [1.807, 2.05) is 36.6 Å². The molecule has 0 aromatic heterocycles. The highest BCUT2D eigenvalue weighted by atomic mass is 32.2. The van der Waals surface area contributed by atoms with Gasteiger partial charge in [0, 0.05) is 12.8 Å². The van der Waals surface area contributed by atoms with Crippen LogP contribution < -0.4 is 21.7 Å². The van der Waals surface area contributed by atoms with E-state index in [4.69, 9.17) is 10.8 Å². The number of carbonyl (C=O) groups is 5. The Balaban J connectivity index is 2.18. The first-order chi connectivity index (χ1) is 19.1. The number of nitrogens with one attached hydrogen (secondary N) is 3. The van der Waals surface area contributed by atoms with Gasteiger partial charge in [0.25, 0.3) is 0 Å². The molecule has 3 amide bonds. The van der Waals surface area contributed by atoms with Gasteiger partial charge in [-0.3, -0.25) is 19.2 Å². The fourth-order valence-electron chi connectivity index (χ4n) is 3.87. The molecule has 0 aliphatic rings. The van der Waals surface area contributed by atoms with E-state index in [9.17, 15) is 29.1 Å². The van der Waals surface area contributed by atoms with Crippen LogP contribution in [0.15, 0.2) is 60.7 Å². The Morgan fingerprint density at radius 2 is 1.23 bits per heavy atom. The molecule has 2 aromatic rings. The number of aliphatic carboxylic acids is 2. The van der Waals surface area contributed by atoms with Gasteiger partial charge in [-0.1, -0.05) is 60.7 Å². The maximum absolute atomic E-state index is 13.4. The summed E-state index contributed by atoms with van der Waals surface area (Å²) in [6.45, 7) is 0. The Labute approximate surface area is 237 Å². The molecule has 40 heavy (non-hydrogen) atoms. The molecule has 0 fully saturated rings. The largest absolute Gasteiger partial charge is 0.481 e. The normalized spacial score (nSPS) is 13.8. The Hall–Kier alpha value is -3.90. The monoisotopic (exact) mass is 572 g/mol. The van der Waals surface area contributed by atoms with Crippen LogP contribution in [-0.2, 0) is 36.8 Å². The van der Waals surface area contributed by atoms with E-state index >= 15 is 0 Å². The number of amides is 3. The molecule has 7 N–H and O–H groups in total. The summed E-state index contributed by atoms with van der Waals surface area (Å²) in [5, 5.41) is 26.1. The lowest BCUT2D eigenvalue weighted by molar-refractivity contribution is -0.143. The average molecular weight is 573 g/mol. The van der Waals surface area contributed by atoms with Crippen molar-refractivity contribution in [3.63, 3.8) is 0 Å². The smallest absolute Gasteiger partial charge is 0.326 e. The standard InChI is InChI=1S/C28H36N4O7S/c1-40-15-14-21(30-25(35)20(29)16-18-8-4-2-5-9-18)26(36)32-23(17-19-10-6-3-7-11-19)27(37)31-22(28(38)39)12-13-24(33)34/h2-11,20-23H,12-17,29H2,1H3,(H,30,35)(H,31,37)(H,32,36)(H,33,34)(H,38,39). The first-order valence-corrected chi connectivity index (χ1v) is 14.2. The lowest BCUT2D eigenvalue weighted by Crippen LogP contribution is -2.58. The first kappa shape index (κ1) is 32.3. The van der Waals surface area contributed by atoms with Gasteiger partial charge < -0.3 is 31.9 Å². The van der Waals surface area contributed by atoms with Gasteiger partial charge in [0.05, 0.1) is 6.04 Å². The minimum atomic E-state index is -1.46. The molecule has 0 heterocycles. The summed E-state index contributed by atoms with van der Waals surface area (Å²) in [6.07, 6.45) is 1.66. The van der Waals surface area contributed by atoms with Crippen molar-refractivity contribution in [2.75, 3.05) is 12.0 Å². The molecule has 0 spiro atoms. The third-order valence-corrected chi connectivity index (χ3v) is 6.70. The summed E-state index contributed by atoms with van der Waals surface area (Å²) in [7, 11) is 0. The van der Waals surface area contributed by atoms with Crippen LogP contribution in [-0.4, -0.2) is 76.0 Å². The van der Waals surface area contributed by atoms with Crippen molar-refractivity contribution in [2.45, 2.75) is 56.3 Å². The van der Waals surface area contributed by atoms with Gasteiger partial charge in [-0.25, -0.2) is 4.79 Å². The van der Waals surface area contributed by atoms with Crippen molar-refractivity contribution < 1.29 is 34.2 Å². The predicted octanol–water partition coefficient (Wildman–Crippen LogP) is 0.956. The summed E-state index contributed by atoms with van der Waals surface area (Å²) in [5.74, 6) is -3.98. The van der Waals surface area contributed by atoms with Crippen LogP contribution >= 0.6 is 11.8 Å². The molecule has 4 unspecified atom stereocenters. The minimum absolute atomic E-state index is 0.0421. The van der Waals surface area contributed by atoms with Crippen molar-refractivity contribution in [3.8, 4) is 0 Å². The summed E-state index contributed by atoms with van der Waals surface area (Å²) in [4.78, 5) is 61.9. The molecule has 0 bridgehead atoms. The SMILES string of the molecule is CSCCC(NC(=O)C(N)Cc1ccccc1)C(=O)NC(Cc1ccccc1)C(=O)NC(CCC(=O)O)C(=O)O. The number of carboxylic acids is 2. The fraction of sp³-hybridized carbons (Fsp3) is 0.393. The molecule has 12 heteroatoms. The van der Waals surface area contributed by atoms with Gasteiger partial charge in [-0.2, -0.15) is 11.8 Å². The number of carbonyl (C=O) groups excluding carboxylic acids is 3. The van der Waals surface area contributed by atoms with E-state index < -0.39 is 60.2 Å². The molecular weight excluding hydrogens is 536 g/mol. The molecule has 216 valence electrons. The second-order valence-corrected chi connectivity index (χ2v) is 10.2. The van der Waals surface area contributed by atoms with E-state index in [1.165, 1.54) is 11.8 Å². The quantitative estimate of drug-likeness (QED) is 0.160. The van der Waals surface area contributed by atoms with Crippen LogP contribution in [0.5, 0.6) is 0 Å². The summed E-state index contributed by atoms with van der Waals surface area (Å²) < 4.78 is 0. The number of hydrogen-bond donors (Lipinski definition) is 6. The van der Waals surface area contributed by atoms with Crippen molar-refractivity contribution in [3.05, 3.63) is 71.8 Å². The Bertz CT molecular complexity index is 1130. The Kier molecular flexibility index (Phi) is 13.7. The summed E-state index contributed by atoms with van der Waals surface area (Å²) >= 11 is 1.48. The highest BCUT2D eigenvalue weighted by Gasteiger charge is 2.30. The van der Waals surface area contributed by atoms with E-state index in [2.05, 4.69) is 16.0 Å². The molecule has 0 saturated carbocycles. The Morgan fingerprint density at radius 1 is 0.725 bits per heavy atom. The number of nitrogens with two attached hydrogens (primary N) is 1. The first-order valence-electron chi connectivity index (χ1n) is 12.8. The van der Waals surface area contributed by atoms with Gasteiger partial charge in [-0.15, -0.1) is 0 Å². The van der Waals surface area contributed by atoms with Crippen LogP contribution in [0.3, 0.4) is 0 Å². The number of hydrogen-bond acceptors (Lipinski definition) is 7. The lowest BCUT2D eigenvalue weighted by Gasteiger charge is -2.25. The summed E-state index contributed by atoms with van der Waals surface area (Å²) in [5.41, 5.74) is 7.67. The molecule has 11 nitrogen and oxygen atoms in total. The van der Waals surface area contributed by atoms with Gasteiger partial charge in [0.15, 0.2) is 0 Å². The highest BCUT2D eigenvalue weighted by Crippen LogP contribution is 2.09. The van der Waals surface area contributed by atoms with Crippen molar-refractivity contribution in [1.82, 2.24) is 16.0 Å². The third-order valence-electron chi connectivity index (χ3n) is 6.06. The van der Waals surface area contributed by atoms with E-state index in [0.29, 0.717) is 11.3 Å². The molecule has 0 aliphatic heterocycles. The topological polar surface area (TPSA) is 188 Å². The predicted molar refractivity (Wildman–Crippen MR) is 152 cm³/mol. The van der Waals surface area contributed by atoms with Crippen molar-refractivity contribution in [2.24, 2.45) is 5.73 Å². The minimum Gasteiger partial charge on any atom is -0.481 e. The second-order valence-electron chi connectivity index (χ2n) is 9.22. The molecule has 0 radical (unpaired) electrons. The fourth-order valence-corrected chi connectivity index (χ4v) is 4.34. The van der Waals surface area contributed by atoms with E-state index in [0.717, 1.165) is 5.56 Å². The van der Waals surface area contributed by atoms with Gasteiger partial charge >= 0.3 is 11.9 Å². The average Bonchev–Trinajstić information content (AvgIpc) is 2.93. The molecule has 2 aromatic carbocycles. The zero-order valence-electron chi connectivity index (χ0n) is 22.2. The summed E-state index contributed by atoms with van der Waals surface area (Å²) in [6, 6.07) is 13.5. The number of benzene rings is 2. The molecular formula is C28H36N4O7S. The Morgan fingerprint density at radius 3 is 1.75 bits per heavy atom. The van der Waals surface area contributed by atoms with E-state index in [1.54, 1.807) is 30.3 Å². The molecule has 0 aliphatic carbocycles. The van der Waals surface area contributed by atoms with Crippen LogP contribution in [0.25, 0.3) is 0 Å². The molecule has 0 saturated heterocycles. The number of carboxylic acid groups (broad SMARTS) is 2. The van der Waals surface area contributed by atoms with Crippen molar-refractivity contribution in [1.29, 1.82) is 0 Å². The van der Waals surface area contributed by atoms with E-state index in [-0.39, 0.29) is 25.7 Å². The van der Waals surface area contributed by atoms with Gasteiger partial charge in [0.1, 0.15) is 18.1 Å². The third kappa shape index (κ3) is 11.5. The van der Waals surface area contributed by atoms with Crippen LogP contribution in [0, 0.1) is 0 Å². The zero-order chi connectivity index (χ0) is 29.5. The van der Waals surface area contributed by atoms with Gasteiger partial charge in [0.2, 0.25) is 17.7 Å². The molecule has 2 rings (SSSR count). The second kappa shape index (κ2) is 16.9. The highest BCUT2D eigenvalue weighted by molar-refractivity contribution is 7.98. The maximum Gasteiger partial charge on any atom is 0.326 e. The van der Waals surface area contributed by atoms with Gasteiger partial charge in [-0.05, 0) is 42.4 Å². The van der Waals surface area contributed by atoms with Crippen LogP contribution in [0.4, 0.5) is 0 Å². The van der Waals surface area contributed by atoms with Crippen molar-refractivity contribution >= 4 is 41.4 Å². The van der Waals surface area contributed by atoms with Crippen LogP contribution in [0.1, 0.15) is 30.4 Å².